The number of amides is 1. The molecule has 1 N–H and O–H groups in total. The maximum atomic E-state index is 13.3. The predicted octanol–water partition coefficient (Wildman–Crippen LogP) is 4.61. The zero-order chi connectivity index (χ0) is 20.4. The number of nitro groups is 1. The number of nitro benzene ring substituents is 1. The first-order valence-electron chi connectivity index (χ1n) is 9.03. The maximum absolute atomic E-state index is 13.3. The van der Waals surface area contributed by atoms with Gasteiger partial charge in [-0.2, -0.15) is 0 Å². The molecule has 1 aliphatic rings. The molecule has 0 saturated carbocycles. The molecule has 0 aliphatic carbocycles. The quantitative estimate of drug-likeness (QED) is 0.612. The lowest BCUT2D eigenvalue weighted by Gasteiger charge is -2.36. The lowest BCUT2D eigenvalue weighted by atomic mass is 9.91. The molecule has 2 aromatic carbocycles. The van der Waals surface area contributed by atoms with E-state index in [1.165, 1.54) is 12.1 Å². The molecule has 6 nitrogen and oxygen atoms in total. The zero-order valence-electron chi connectivity index (χ0n) is 15.6. The first kappa shape index (κ1) is 19.7. The van der Waals surface area contributed by atoms with Crippen molar-refractivity contribution < 1.29 is 18.5 Å². The van der Waals surface area contributed by atoms with E-state index >= 15 is 0 Å². The minimum atomic E-state index is -0.829. The molecule has 8 heteroatoms. The summed E-state index contributed by atoms with van der Waals surface area (Å²) in [5, 5.41) is 14.0. The summed E-state index contributed by atoms with van der Waals surface area (Å²) < 4.78 is 26.6. The SMILES string of the molecule is C[C@@H]1C[C@@H](C)CN(c2ccc(C(=O)Nc3cc(F)cc(F)c3)cc2[N+](=O)[O-])C1. The molecule has 1 heterocycles. The molecular formula is C20H21F2N3O3. The zero-order valence-corrected chi connectivity index (χ0v) is 15.6. The molecule has 0 spiro atoms. The molecule has 0 radical (unpaired) electrons. The van der Waals surface area contributed by atoms with Crippen molar-refractivity contribution in [3.8, 4) is 0 Å². The number of rotatable bonds is 4. The molecule has 1 aliphatic heterocycles. The van der Waals surface area contributed by atoms with Gasteiger partial charge in [0.1, 0.15) is 17.3 Å². The molecule has 1 saturated heterocycles. The first-order chi connectivity index (χ1) is 13.2. The Hall–Kier alpha value is -3.03. The molecule has 148 valence electrons. The molecular weight excluding hydrogens is 368 g/mol. The average molecular weight is 389 g/mol. The smallest absolute Gasteiger partial charge is 0.293 e. The van der Waals surface area contributed by atoms with Gasteiger partial charge < -0.3 is 10.2 Å². The van der Waals surface area contributed by atoms with E-state index in [1.54, 1.807) is 6.07 Å². The highest BCUT2D eigenvalue weighted by molar-refractivity contribution is 6.05. The Morgan fingerprint density at radius 2 is 1.71 bits per heavy atom. The number of benzene rings is 2. The number of nitrogens with zero attached hydrogens (tertiary/aromatic N) is 2. The molecule has 0 bridgehead atoms. The van der Waals surface area contributed by atoms with Gasteiger partial charge >= 0.3 is 0 Å². The van der Waals surface area contributed by atoms with Gasteiger partial charge in [-0.05, 0) is 42.5 Å². The minimum absolute atomic E-state index is 0.0400. The number of halogens is 2. The highest BCUT2D eigenvalue weighted by Gasteiger charge is 2.28. The Morgan fingerprint density at radius 3 is 2.29 bits per heavy atom. The van der Waals surface area contributed by atoms with E-state index in [-0.39, 0.29) is 16.9 Å². The van der Waals surface area contributed by atoms with E-state index in [1.807, 2.05) is 4.90 Å². The summed E-state index contributed by atoms with van der Waals surface area (Å²) in [6.07, 6.45) is 1.06. The third-order valence-electron chi connectivity index (χ3n) is 4.76. The number of carbonyl (C=O) groups excluding carboxylic acids is 1. The molecule has 0 unspecified atom stereocenters. The molecule has 2 atom stereocenters. The van der Waals surface area contributed by atoms with Gasteiger partial charge in [-0.15, -0.1) is 0 Å². The van der Waals surface area contributed by atoms with Gasteiger partial charge in [0.05, 0.1) is 4.92 Å². The molecule has 2 aromatic rings. The molecule has 0 aromatic heterocycles. The van der Waals surface area contributed by atoms with Crippen molar-refractivity contribution in [1.82, 2.24) is 0 Å². The van der Waals surface area contributed by atoms with Gasteiger partial charge in [0.25, 0.3) is 11.6 Å². The fourth-order valence-corrected chi connectivity index (χ4v) is 3.77. The second-order valence-electron chi connectivity index (χ2n) is 7.42. The lowest BCUT2D eigenvalue weighted by molar-refractivity contribution is -0.384. The summed E-state index contributed by atoms with van der Waals surface area (Å²) in [5.41, 5.74) is 0.280. The second-order valence-corrected chi connectivity index (χ2v) is 7.42. The van der Waals surface area contributed by atoms with Crippen molar-refractivity contribution in [2.24, 2.45) is 11.8 Å². The predicted molar refractivity (Wildman–Crippen MR) is 103 cm³/mol. The lowest BCUT2D eigenvalue weighted by Crippen LogP contribution is -2.39. The number of piperidine rings is 1. The normalized spacial score (nSPS) is 19.4. The van der Waals surface area contributed by atoms with Crippen molar-refractivity contribution in [1.29, 1.82) is 0 Å². The molecule has 1 fully saturated rings. The van der Waals surface area contributed by atoms with E-state index in [0.29, 0.717) is 36.7 Å². The van der Waals surface area contributed by atoms with Crippen molar-refractivity contribution in [3.63, 3.8) is 0 Å². The van der Waals surface area contributed by atoms with Gasteiger partial charge in [0.15, 0.2) is 0 Å². The summed E-state index contributed by atoms with van der Waals surface area (Å²) in [4.78, 5) is 25.5. The summed E-state index contributed by atoms with van der Waals surface area (Å²) in [7, 11) is 0. The first-order valence-corrected chi connectivity index (χ1v) is 9.03. The highest BCUT2D eigenvalue weighted by Crippen LogP contribution is 2.34. The monoisotopic (exact) mass is 389 g/mol. The summed E-state index contributed by atoms with van der Waals surface area (Å²) in [6.45, 7) is 5.63. The van der Waals surface area contributed by atoms with Crippen LogP contribution in [0.5, 0.6) is 0 Å². The van der Waals surface area contributed by atoms with Crippen LogP contribution < -0.4 is 10.2 Å². The van der Waals surface area contributed by atoms with Crippen LogP contribution >= 0.6 is 0 Å². The number of nitrogens with one attached hydrogen (secondary N) is 1. The van der Waals surface area contributed by atoms with Crippen LogP contribution in [0.3, 0.4) is 0 Å². The average Bonchev–Trinajstić information content (AvgIpc) is 2.59. The van der Waals surface area contributed by atoms with Crippen LogP contribution in [0.2, 0.25) is 0 Å². The van der Waals surface area contributed by atoms with E-state index in [4.69, 9.17) is 0 Å². The Kier molecular flexibility index (Phi) is 5.58. The third kappa shape index (κ3) is 4.44. The minimum Gasteiger partial charge on any atom is -0.365 e. The van der Waals surface area contributed by atoms with Crippen molar-refractivity contribution in [3.05, 3.63) is 63.7 Å². The van der Waals surface area contributed by atoms with Crippen LogP contribution in [-0.2, 0) is 0 Å². The fraction of sp³-hybridized carbons (Fsp3) is 0.350. The highest BCUT2D eigenvalue weighted by atomic mass is 19.1. The molecule has 3 rings (SSSR count). The largest absolute Gasteiger partial charge is 0.365 e. The van der Waals surface area contributed by atoms with Crippen LogP contribution in [0.1, 0.15) is 30.6 Å². The van der Waals surface area contributed by atoms with E-state index in [9.17, 15) is 23.7 Å². The number of carbonyl (C=O) groups is 1. The Bertz CT molecular complexity index is 889. The Labute approximate surface area is 161 Å². The Morgan fingerprint density at radius 1 is 1.11 bits per heavy atom. The van der Waals surface area contributed by atoms with Crippen LogP contribution in [0.15, 0.2) is 36.4 Å². The van der Waals surface area contributed by atoms with E-state index in [2.05, 4.69) is 19.2 Å². The van der Waals surface area contributed by atoms with Gasteiger partial charge in [0, 0.05) is 36.5 Å². The number of hydrogen-bond donors (Lipinski definition) is 1. The Balaban J connectivity index is 1.87. The topological polar surface area (TPSA) is 75.5 Å². The van der Waals surface area contributed by atoms with Gasteiger partial charge in [-0.25, -0.2) is 8.78 Å². The van der Waals surface area contributed by atoms with E-state index in [0.717, 1.165) is 18.6 Å². The molecule has 28 heavy (non-hydrogen) atoms. The summed E-state index contributed by atoms with van der Waals surface area (Å²) in [5.74, 6) is -1.52. The maximum Gasteiger partial charge on any atom is 0.293 e. The summed E-state index contributed by atoms with van der Waals surface area (Å²) in [6, 6.07) is 6.88. The van der Waals surface area contributed by atoms with Crippen molar-refractivity contribution >= 4 is 23.0 Å². The van der Waals surface area contributed by atoms with E-state index < -0.39 is 22.5 Å². The fourth-order valence-electron chi connectivity index (χ4n) is 3.77. The van der Waals surface area contributed by atoms with Crippen LogP contribution in [-0.4, -0.2) is 23.9 Å². The van der Waals surface area contributed by atoms with Gasteiger partial charge in [0.2, 0.25) is 0 Å². The standard InChI is InChI=1S/C20H21F2N3O3/c1-12-5-13(2)11-24(10-12)18-4-3-14(6-19(18)25(27)28)20(26)23-17-8-15(21)7-16(22)9-17/h3-4,6-9,12-13H,5,10-11H2,1-2H3,(H,23,26)/t12-,13-/m1/s1. The number of anilines is 2. The summed E-state index contributed by atoms with van der Waals surface area (Å²) >= 11 is 0. The van der Waals surface area contributed by atoms with Gasteiger partial charge in [-0.3, -0.25) is 14.9 Å². The van der Waals surface area contributed by atoms with Crippen LogP contribution in [0, 0.1) is 33.6 Å². The van der Waals surface area contributed by atoms with Crippen molar-refractivity contribution in [2.75, 3.05) is 23.3 Å². The third-order valence-corrected chi connectivity index (χ3v) is 4.76. The second kappa shape index (κ2) is 7.92. The van der Waals surface area contributed by atoms with Crippen molar-refractivity contribution in [2.45, 2.75) is 20.3 Å². The van der Waals surface area contributed by atoms with Crippen LogP contribution in [0.25, 0.3) is 0 Å². The molecule has 1 amide bonds. The van der Waals surface area contributed by atoms with Gasteiger partial charge in [-0.1, -0.05) is 13.8 Å². The van der Waals surface area contributed by atoms with Crippen LogP contribution in [0.4, 0.5) is 25.8 Å². The number of hydrogen-bond acceptors (Lipinski definition) is 4.